The van der Waals surface area contributed by atoms with Gasteiger partial charge in [-0.25, -0.2) is 9.69 Å². The van der Waals surface area contributed by atoms with E-state index in [0.717, 1.165) is 28.9 Å². The van der Waals surface area contributed by atoms with Gasteiger partial charge >= 0.3 is 5.97 Å². The fourth-order valence-electron chi connectivity index (χ4n) is 3.85. The molecule has 0 bridgehead atoms. The van der Waals surface area contributed by atoms with E-state index >= 15 is 0 Å². The molecule has 0 saturated carbocycles. The third-order valence-electron chi connectivity index (χ3n) is 5.61. The maximum Gasteiger partial charge on any atom is 0.338 e. The molecule has 2 aromatic rings. The van der Waals surface area contributed by atoms with Crippen LogP contribution in [0.2, 0.25) is 0 Å². The van der Waals surface area contributed by atoms with Crippen molar-refractivity contribution in [3.8, 4) is 0 Å². The second kappa shape index (κ2) is 8.92. The second-order valence-corrected chi connectivity index (χ2v) is 8.01. The summed E-state index contributed by atoms with van der Waals surface area (Å²) >= 11 is 0. The van der Waals surface area contributed by atoms with Crippen LogP contribution in [0.5, 0.6) is 0 Å². The third kappa shape index (κ3) is 4.27. The Labute approximate surface area is 185 Å². The van der Waals surface area contributed by atoms with Crippen molar-refractivity contribution in [3.05, 3.63) is 64.2 Å². The third-order valence-corrected chi connectivity index (χ3v) is 5.61. The molecule has 8 nitrogen and oxygen atoms in total. The van der Waals surface area contributed by atoms with Crippen LogP contribution in [0.3, 0.4) is 0 Å². The van der Waals surface area contributed by atoms with Crippen LogP contribution in [0.25, 0.3) is 0 Å². The molecule has 0 spiro atoms. The van der Waals surface area contributed by atoms with E-state index in [1.165, 1.54) is 18.2 Å². The van der Waals surface area contributed by atoms with Crippen molar-refractivity contribution in [3.63, 3.8) is 0 Å². The molecule has 2 aliphatic heterocycles. The summed E-state index contributed by atoms with van der Waals surface area (Å²) in [6.07, 6.45) is 1.85. The van der Waals surface area contributed by atoms with E-state index < -0.39 is 30.3 Å². The zero-order valence-corrected chi connectivity index (χ0v) is 18.0. The van der Waals surface area contributed by atoms with Gasteiger partial charge in [0.25, 0.3) is 17.7 Å². The number of carbonyl (C=O) groups excluding carboxylic acids is 4. The molecule has 3 amide bonds. The largest absolute Gasteiger partial charge is 0.452 e. The molecule has 4 rings (SSSR count). The number of nitrogens with zero attached hydrogens (tertiary/aromatic N) is 1. The minimum atomic E-state index is -0.745. The van der Waals surface area contributed by atoms with Crippen LogP contribution < -0.4 is 10.2 Å². The summed E-state index contributed by atoms with van der Waals surface area (Å²) in [6.45, 7) is 4.33. The lowest BCUT2D eigenvalue weighted by Gasteiger charge is -2.17. The van der Waals surface area contributed by atoms with E-state index in [1.807, 2.05) is 26.0 Å². The maximum absolute atomic E-state index is 13.0. The molecule has 2 aromatic carbocycles. The first-order chi connectivity index (χ1) is 15.3. The molecule has 8 heteroatoms. The molecule has 1 saturated heterocycles. The Kier molecular flexibility index (Phi) is 6.05. The minimum absolute atomic E-state index is 0.00473. The zero-order chi connectivity index (χ0) is 22.8. The number of fused-ring (bicyclic) bond motifs is 1. The molecule has 1 N–H and O–H groups in total. The van der Waals surface area contributed by atoms with Crippen LogP contribution in [0.1, 0.15) is 55.0 Å². The average molecular weight is 436 g/mol. The first-order valence-electron chi connectivity index (χ1n) is 10.5. The number of anilines is 1. The molecule has 2 aliphatic rings. The first kappa shape index (κ1) is 21.7. The van der Waals surface area contributed by atoms with Crippen molar-refractivity contribution >= 4 is 29.4 Å². The van der Waals surface area contributed by atoms with Gasteiger partial charge in [-0.2, -0.15) is 0 Å². The SMILES string of the molecule is Cc1ccc(C)c(N2C(=O)c3ccc(C(=O)OCC(=O)NC[C@H]4CCCO4)cc3C2=O)c1. The van der Waals surface area contributed by atoms with Crippen LogP contribution in [-0.4, -0.2) is 49.6 Å². The Morgan fingerprint density at radius 2 is 1.88 bits per heavy atom. The lowest BCUT2D eigenvalue weighted by molar-refractivity contribution is -0.124. The summed E-state index contributed by atoms with van der Waals surface area (Å²) in [5, 5.41) is 2.67. The fraction of sp³-hybridized carbons (Fsp3) is 0.333. The molecule has 32 heavy (non-hydrogen) atoms. The number of imide groups is 1. The minimum Gasteiger partial charge on any atom is -0.452 e. The highest BCUT2D eigenvalue weighted by Gasteiger charge is 2.38. The van der Waals surface area contributed by atoms with Crippen LogP contribution in [0.4, 0.5) is 5.69 Å². The standard InChI is InChI=1S/C24H24N2O6/c1-14-5-6-15(2)20(10-14)26-22(28)18-8-7-16(11-19(18)23(26)29)24(30)32-13-21(27)25-12-17-4-3-9-31-17/h5-8,10-11,17H,3-4,9,12-13H2,1-2H3,(H,25,27)/t17-/m1/s1. The summed E-state index contributed by atoms with van der Waals surface area (Å²) in [6, 6.07) is 9.73. The smallest absolute Gasteiger partial charge is 0.338 e. The van der Waals surface area contributed by atoms with Crippen molar-refractivity contribution in [2.24, 2.45) is 0 Å². The van der Waals surface area contributed by atoms with E-state index in [1.54, 1.807) is 6.07 Å². The molecular formula is C24H24N2O6. The van der Waals surface area contributed by atoms with Gasteiger partial charge in [-0.1, -0.05) is 12.1 Å². The first-order valence-corrected chi connectivity index (χ1v) is 10.5. The van der Waals surface area contributed by atoms with Gasteiger partial charge in [0.1, 0.15) is 0 Å². The highest BCUT2D eigenvalue weighted by molar-refractivity contribution is 6.35. The number of amides is 3. The zero-order valence-electron chi connectivity index (χ0n) is 18.0. The molecule has 0 aliphatic carbocycles. The summed E-state index contributed by atoms with van der Waals surface area (Å²) in [5.41, 5.74) is 2.68. The van der Waals surface area contributed by atoms with E-state index in [4.69, 9.17) is 9.47 Å². The lowest BCUT2D eigenvalue weighted by Crippen LogP contribution is -2.34. The number of benzene rings is 2. The highest BCUT2D eigenvalue weighted by atomic mass is 16.5. The number of esters is 1. The maximum atomic E-state index is 13.0. The molecular weight excluding hydrogens is 412 g/mol. The van der Waals surface area contributed by atoms with Crippen LogP contribution >= 0.6 is 0 Å². The molecule has 1 fully saturated rings. The summed E-state index contributed by atoms with van der Waals surface area (Å²) in [7, 11) is 0. The van der Waals surface area contributed by atoms with Crippen molar-refractivity contribution in [2.45, 2.75) is 32.8 Å². The van der Waals surface area contributed by atoms with E-state index in [9.17, 15) is 19.2 Å². The molecule has 0 radical (unpaired) electrons. The number of aryl methyl sites for hydroxylation is 2. The quantitative estimate of drug-likeness (QED) is 0.552. The Balaban J connectivity index is 1.43. The predicted molar refractivity (Wildman–Crippen MR) is 116 cm³/mol. The fourth-order valence-corrected chi connectivity index (χ4v) is 3.85. The normalized spacial score (nSPS) is 17.4. The topological polar surface area (TPSA) is 102 Å². The van der Waals surface area contributed by atoms with Crippen molar-refractivity contribution in [2.75, 3.05) is 24.7 Å². The van der Waals surface area contributed by atoms with Gasteiger partial charge in [-0.15, -0.1) is 0 Å². The summed E-state index contributed by atoms with van der Waals surface area (Å²) in [4.78, 5) is 51.3. The van der Waals surface area contributed by atoms with E-state index in [0.29, 0.717) is 18.8 Å². The number of rotatable bonds is 6. The Morgan fingerprint density at radius 3 is 2.62 bits per heavy atom. The van der Waals surface area contributed by atoms with E-state index in [-0.39, 0.29) is 22.8 Å². The van der Waals surface area contributed by atoms with E-state index in [2.05, 4.69) is 5.32 Å². The van der Waals surface area contributed by atoms with Crippen molar-refractivity contribution in [1.82, 2.24) is 5.32 Å². The molecule has 166 valence electrons. The van der Waals surface area contributed by atoms with Gasteiger partial charge in [-0.3, -0.25) is 14.4 Å². The van der Waals surface area contributed by atoms with Gasteiger partial charge in [0.15, 0.2) is 6.61 Å². The van der Waals surface area contributed by atoms with Gasteiger partial charge in [0.05, 0.1) is 28.5 Å². The summed E-state index contributed by atoms with van der Waals surface area (Å²) in [5.74, 6) is -2.11. The monoisotopic (exact) mass is 436 g/mol. The number of carbonyl (C=O) groups is 4. The van der Waals surface area contributed by atoms with Crippen LogP contribution in [0.15, 0.2) is 36.4 Å². The number of nitrogens with one attached hydrogen (secondary N) is 1. The average Bonchev–Trinajstić information content (AvgIpc) is 3.39. The summed E-state index contributed by atoms with van der Waals surface area (Å²) < 4.78 is 10.5. The van der Waals surface area contributed by atoms with Crippen molar-refractivity contribution < 1.29 is 28.7 Å². The van der Waals surface area contributed by atoms with Gasteiger partial charge < -0.3 is 14.8 Å². The van der Waals surface area contributed by atoms with Gasteiger partial charge in [-0.05, 0) is 62.1 Å². The second-order valence-electron chi connectivity index (χ2n) is 8.01. The molecule has 1 atom stereocenters. The van der Waals surface area contributed by atoms with Crippen LogP contribution in [-0.2, 0) is 14.3 Å². The number of hydrogen-bond acceptors (Lipinski definition) is 6. The number of ether oxygens (including phenoxy) is 2. The highest BCUT2D eigenvalue weighted by Crippen LogP contribution is 2.31. The molecule has 0 aromatic heterocycles. The Bertz CT molecular complexity index is 1100. The van der Waals surface area contributed by atoms with Crippen molar-refractivity contribution in [1.29, 1.82) is 0 Å². The number of hydrogen-bond donors (Lipinski definition) is 1. The molecule has 2 heterocycles. The molecule has 0 unspecified atom stereocenters. The van der Waals surface area contributed by atoms with Crippen LogP contribution in [0, 0.1) is 13.8 Å². The predicted octanol–water partition coefficient (Wildman–Crippen LogP) is 2.56. The Morgan fingerprint density at radius 1 is 1.09 bits per heavy atom. The Hall–Kier alpha value is -3.52. The van der Waals surface area contributed by atoms with Gasteiger partial charge in [0, 0.05) is 13.2 Å². The lowest BCUT2D eigenvalue weighted by atomic mass is 10.1. The van der Waals surface area contributed by atoms with Gasteiger partial charge in [0.2, 0.25) is 0 Å².